The maximum Gasteiger partial charge on any atom is 0.170 e. The molecule has 0 saturated carbocycles. The summed E-state index contributed by atoms with van der Waals surface area (Å²) in [7, 11) is 0. The Kier molecular flexibility index (Phi) is 1.73. The van der Waals surface area contributed by atoms with E-state index in [1.54, 1.807) is 18.2 Å². The molecule has 0 bridgehead atoms. The molecule has 1 aromatic carbocycles. The SMILES string of the molecule is ON=Cc1cc2cccc(F)c2o1. The van der Waals surface area contributed by atoms with Crippen LogP contribution in [0.4, 0.5) is 4.39 Å². The lowest BCUT2D eigenvalue weighted by molar-refractivity contribution is 0.321. The fourth-order valence-electron chi connectivity index (χ4n) is 1.17. The average molecular weight is 179 g/mol. The Morgan fingerprint density at radius 3 is 3.00 bits per heavy atom. The Balaban J connectivity index is 2.68. The van der Waals surface area contributed by atoms with E-state index in [9.17, 15) is 4.39 Å². The smallest absolute Gasteiger partial charge is 0.170 e. The molecule has 4 heteroatoms. The third kappa shape index (κ3) is 1.26. The van der Waals surface area contributed by atoms with Gasteiger partial charge in [0, 0.05) is 5.39 Å². The highest BCUT2D eigenvalue weighted by molar-refractivity contribution is 5.86. The molecule has 2 rings (SSSR count). The molecule has 0 atom stereocenters. The van der Waals surface area contributed by atoms with Crippen LogP contribution in [0, 0.1) is 5.82 Å². The maximum atomic E-state index is 13.0. The van der Waals surface area contributed by atoms with Crippen molar-refractivity contribution in [2.24, 2.45) is 5.16 Å². The van der Waals surface area contributed by atoms with Crippen molar-refractivity contribution < 1.29 is 14.0 Å². The Hall–Kier alpha value is -1.84. The molecule has 0 aliphatic carbocycles. The van der Waals surface area contributed by atoms with Crippen LogP contribution in [0.15, 0.2) is 33.8 Å². The number of benzene rings is 1. The van der Waals surface area contributed by atoms with Gasteiger partial charge in [-0.05, 0) is 12.1 Å². The van der Waals surface area contributed by atoms with Gasteiger partial charge in [0.05, 0.1) is 0 Å². The van der Waals surface area contributed by atoms with Crippen molar-refractivity contribution in [2.75, 3.05) is 0 Å². The van der Waals surface area contributed by atoms with E-state index in [0.29, 0.717) is 11.1 Å². The molecule has 13 heavy (non-hydrogen) atoms. The number of hydrogen-bond acceptors (Lipinski definition) is 3. The Morgan fingerprint density at radius 2 is 2.31 bits per heavy atom. The normalized spacial score (nSPS) is 11.5. The minimum absolute atomic E-state index is 0.178. The number of rotatable bonds is 1. The van der Waals surface area contributed by atoms with Crippen molar-refractivity contribution in [3.8, 4) is 0 Å². The third-order valence-corrected chi connectivity index (χ3v) is 1.70. The molecular formula is C9H6FNO2. The van der Waals surface area contributed by atoms with Crippen LogP contribution in [-0.4, -0.2) is 11.4 Å². The van der Waals surface area contributed by atoms with Crippen LogP contribution < -0.4 is 0 Å². The number of hydrogen-bond donors (Lipinski definition) is 1. The molecule has 0 saturated heterocycles. The first kappa shape index (κ1) is 7.79. The average Bonchev–Trinajstić information content (AvgIpc) is 2.49. The van der Waals surface area contributed by atoms with E-state index in [2.05, 4.69) is 5.16 Å². The third-order valence-electron chi connectivity index (χ3n) is 1.70. The van der Waals surface area contributed by atoms with E-state index in [0.717, 1.165) is 6.21 Å². The lowest BCUT2D eigenvalue weighted by Crippen LogP contribution is -1.72. The van der Waals surface area contributed by atoms with E-state index in [-0.39, 0.29) is 5.58 Å². The quantitative estimate of drug-likeness (QED) is 0.415. The van der Waals surface area contributed by atoms with Gasteiger partial charge < -0.3 is 9.62 Å². The molecule has 1 aromatic heterocycles. The minimum atomic E-state index is -0.421. The van der Waals surface area contributed by atoms with Crippen molar-refractivity contribution in [1.29, 1.82) is 0 Å². The lowest BCUT2D eigenvalue weighted by atomic mass is 10.2. The first-order valence-corrected chi connectivity index (χ1v) is 3.67. The molecule has 0 amide bonds. The molecule has 1 heterocycles. The highest BCUT2D eigenvalue weighted by Gasteiger charge is 2.05. The van der Waals surface area contributed by atoms with Crippen LogP contribution >= 0.6 is 0 Å². The van der Waals surface area contributed by atoms with Gasteiger partial charge >= 0.3 is 0 Å². The van der Waals surface area contributed by atoms with E-state index in [1.807, 2.05) is 0 Å². The zero-order valence-electron chi connectivity index (χ0n) is 6.57. The van der Waals surface area contributed by atoms with Gasteiger partial charge in [-0.25, -0.2) is 4.39 Å². The molecule has 1 N–H and O–H groups in total. The summed E-state index contributed by atoms with van der Waals surface area (Å²) in [5.74, 6) is -0.0994. The van der Waals surface area contributed by atoms with Gasteiger partial charge in [0.1, 0.15) is 12.0 Å². The number of oxime groups is 1. The molecule has 0 fully saturated rings. The number of para-hydroxylation sites is 1. The van der Waals surface area contributed by atoms with Gasteiger partial charge in [-0.3, -0.25) is 0 Å². The van der Waals surface area contributed by atoms with Crippen molar-refractivity contribution in [1.82, 2.24) is 0 Å². The largest absolute Gasteiger partial charge is 0.452 e. The van der Waals surface area contributed by atoms with Crippen LogP contribution in [0.3, 0.4) is 0 Å². The number of furan rings is 1. The summed E-state index contributed by atoms with van der Waals surface area (Å²) in [6, 6.07) is 6.22. The fourth-order valence-corrected chi connectivity index (χ4v) is 1.17. The standard InChI is InChI=1S/C9H6FNO2/c10-8-3-1-2-6-4-7(5-11-12)13-9(6)8/h1-5,12H. The number of fused-ring (bicyclic) bond motifs is 1. The summed E-state index contributed by atoms with van der Waals surface area (Å²) in [6.07, 6.45) is 1.11. The molecule has 2 aromatic rings. The van der Waals surface area contributed by atoms with E-state index < -0.39 is 5.82 Å². The van der Waals surface area contributed by atoms with Crippen molar-refractivity contribution in [2.45, 2.75) is 0 Å². The summed E-state index contributed by atoms with van der Waals surface area (Å²) in [4.78, 5) is 0. The maximum absolute atomic E-state index is 13.0. The van der Waals surface area contributed by atoms with Gasteiger partial charge in [-0.15, -0.1) is 0 Å². The predicted molar refractivity (Wildman–Crippen MR) is 45.6 cm³/mol. The van der Waals surface area contributed by atoms with Crippen LogP contribution in [0.25, 0.3) is 11.0 Å². The highest BCUT2D eigenvalue weighted by Crippen LogP contribution is 2.20. The predicted octanol–water partition coefficient (Wildman–Crippen LogP) is 2.38. The minimum Gasteiger partial charge on any atom is -0.452 e. The second-order valence-electron chi connectivity index (χ2n) is 2.55. The monoisotopic (exact) mass is 179 g/mol. The van der Waals surface area contributed by atoms with Gasteiger partial charge in [-0.2, -0.15) is 0 Å². The zero-order chi connectivity index (χ0) is 9.26. The van der Waals surface area contributed by atoms with Gasteiger partial charge in [0.25, 0.3) is 0 Å². The molecule has 0 radical (unpaired) electrons. The number of nitrogens with zero attached hydrogens (tertiary/aromatic N) is 1. The fraction of sp³-hybridized carbons (Fsp3) is 0. The molecule has 66 valence electrons. The summed E-state index contributed by atoms with van der Waals surface area (Å²) >= 11 is 0. The zero-order valence-corrected chi connectivity index (χ0v) is 6.57. The van der Waals surface area contributed by atoms with E-state index in [1.165, 1.54) is 6.07 Å². The lowest BCUT2D eigenvalue weighted by Gasteiger charge is -1.87. The first-order valence-electron chi connectivity index (χ1n) is 3.67. The first-order chi connectivity index (χ1) is 6.31. The Bertz CT molecular complexity index is 462. The summed E-state index contributed by atoms with van der Waals surface area (Å²) in [6.45, 7) is 0. The summed E-state index contributed by atoms with van der Waals surface area (Å²) < 4.78 is 18.1. The van der Waals surface area contributed by atoms with Crippen LogP contribution in [0.5, 0.6) is 0 Å². The van der Waals surface area contributed by atoms with Gasteiger partial charge in [-0.1, -0.05) is 17.3 Å². The highest BCUT2D eigenvalue weighted by atomic mass is 19.1. The summed E-state index contributed by atoms with van der Waals surface area (Å²) in [5, 5.41) is 11.7. The van der Waals surface area contributed by atoms with E-state index in [4.69, 9.17) is 9.62 Å². The second kappa shape index (κ2) is 2.90. The molecule has 0 aliphatic rings. The Morgan fingerprint density at radius 1 is 1.46 bits per heavy atom. The Labute approximate surface area is 73.1 Å². The topological polar surface area (TPSA) is 45.7 Å². The molecule has 0 spiro atoms. The molecular weight excluding hydrogens is 173 g/mol. The van der Waals surface area contributed by atoms with Gasteiger partial charge in [0.15, 0.2) is 11.4 Å². The van der Waals surface area contributed by atoms with Crippen LogP contribution in [0.1, 0.15) is 5.76 Å². The van der Waals surface area contributed by atoms with E-state index >= 15 is 0 Å². The van der Waals surface area contributed by atoms with Crippen molar-refractivity contribution >= 4 is 17.2 Å². The molecule has 0 aliphatic heterocycles. The van der Waals surface area contributed by atoms with Crippen LogP contribution in [0.2, 0.25) is 0 Å². The van der Waals surface area contributed by atoms with Gasteiger partial charge in [0.2, 0.25) is 0 Å². The number of halogens is 1. The molecule has 3 nitrogen and oxygen atoms in total. The van der Waals surface area contributed by atoms with Crippen LogP contribution in [-0.2, 0) is 0 Å². The van der Waals surface area contributed by atoms with Crippen molar-refractivity contribution in [3.05, 3.63) is 35.8 Å². The second-order valence-corrected chi connectivity index (χ2v) is 2.55. The van der Waals surface area contributed by atoms with Crippen molar-refractivity contribution in [3.63, 3.8) is 0 Å². The summed E-state index contributed by atoms with van der Waals surface area (Å²) in [5.41, 5.74) is 0.178. The molecule has 0 unspecified atom stereocenters.